The molecule has 18 heavy (non-hydrogen) atoms. The van der Waals surface area contributed by atoms with Gasteiger partial charge in [-0.05, 0) is 24.1 Å². The van der Waals surface area contributed by atoms with Crippen LogP contribution in [0.25, 0.3) is 0 Å². The van der Waals surface area contributed by atoms with Crippen molar-refractivity contribution < 1.29 is 0 Å². The first kappa shape index (κ1) is 11.3. The maximum atomic E-state index is 6.01. The molecule has 3 rings (SSSR count). The van der Waals surface area contributed by atoms with Gasteiger partial charge >= 0.3 is 0 Å². The van der Waals surface area contributed by atoms with Crippen LogP contribution in [-0.2, 0) is 19.6 Å². The van der Waals surface area contributed by atoms with Crippen molar-refractivity contribution in [1.82, 2.24) is 14.5 Å². The quantitative estimate of drug-likeness (QED) is 0.835. The molecule has 0 atom stereocenters. The molecule has 1 aromatic carbocycles. The van der Waals surface area contributed by atoms with Crippen LogP contribution in [0.3, 0.4) is 0 Å². The predicted octanol–water partition coefficient (Wildman–Crippen LogP) is 1.79. The minimum absolute atomic E-state index is 0.925. The van der Waals surface area contributed by atoms with Gasteiger partial charge in [-0.3, -0.25) is 4.90 Å². The molecule has 1 aromatic heterocycles. The molecule has 94 valence electrons. The Balaban J connectivity index is 1.65. The SMILES string of the molecule is Cc1nccn1CCN1Cc2cccc(N)c2C1. The number of hydrogen-bond donors (Lipinski definition) is 1. The average molecular weight is 242 g/mol. The molecule has 4 heteroatoms. The lowest BCUT2D eigenvalue weighted by Gasteiger charge is -2.15. The molecule has 4 nitrogen and oxygen atoms in total. The van der Waals surface area contributed by atoms with E-state index in [1.165, 1.54) is 11.1 Å². The summed E-state index contributed by atoms with van der Waals surface area (Å²) in [4.78, 5) is 6.67. The number of nitrogen functional groups attached to an aromatic ring is 1. The molecule has 0 unspecified atom stereocenters. The van der Waals surface area contributed by atoms with E-state index in [4.69, 9.17) is 5.73 Å². The van der Waals surface area contributed by atoms with Crippen molar-refractivity contribution in [3.8, 4) is 0 Å². The summed E-state index contributed by atoms with van der Waals surface area (Å²) in [6, 6.07) is 6.20. The summed E-state index contributed by atoms with van der Waals surface area (Å²) in [7, 11) is 0. The number of imidazole rings is 1. The second kappa shape index (κ2) is 4.46. The highest BCUT2D eigenvalue weighted by molar-refractivity contribution is 5.52. The van der Waals surface area contributed by atoms with E-state index in [-0.39, 0.29) is 0 Å². The first-order valence-electron chi connectivity index (χ1n) is 6.30. The molecule has 0 radical (unpaired) electrons. The molecule has 1 aliphatic heterocycles. The van der Waals surface area contributed by atoms with Gasteiger partial charge in [0.05, 0.1) is 0 Å². The third-order valence-corrected chi connectivity index (χ3v) is 3.67. The van der Waals surface area contributed by atoms with Crippen molar-refractivity contribution in [3.05, 3.63) is 47.5 Å². The second-order valence-corrected chi connectivity index (χ2v) is 4.86. The second-order valence-electron chi connectivity index (χ2n) is 4.86. The number of anilines is 1. The van der Waals surface area contributed by atoms with Crippen molar-refractivity contribution in [2.24, 2.45) is 0 Å². The van der Waals surface area contributed by atoms with E-state index >= 15 is 0 Å². The van der Waals surface area contributed by atoms with Gasteiger partial charge in [0, 0.05) is 44.3 Å². The number of fused-ring (bicyclic) bond motifs is 1. The molecular formula is C14H18N4. The molecule has 2 heterocycles. The fraction of sp³-hybridized carbons (Fsp3) is 0.357. The molecule has 2 aromatic rings. The Kier molecular flexibility index (Phi) is 2.80. The zero-order valence-electron chi connectivity index (χ0n) is 10.6. The summed E-state index contributed by atoms with van der Waals surface area (Å²) in [5.41, 5.74) is 9.61. The summed E-state index contributed by atoms with van der Waals surface area (Å²) in [5, 5.41) is 0. The van der Waals surface area contributed by atoms with E-state index in [0.717, 1.165) is 37.7 Å². The number of aryl methyl sites for hydroxylation is 1. The van der Waals surface area contributed by atoms with Gasteiger partial charge < -0.3 is 10.3 Å². The van der Waals surface area contributed by atoms with Crippen molar-refractivity contribution in [3.63, 3.8) is 0 Å². The molecule has 0 spiro atoms. The Morgan fingerprint density at radius 2 is 2.17 bits per heavy atom. The molecule has 1 aliphatic rings. The van der Waals surface area contributed by atoms with Gasteiger partial charge in [-0.2, -0.15) is 0 Å². The largest absolute Gasteiger partial charge is 0.398 e. The van der Waals surface area contributed by atoms with Gasteiger partial charge in [0.2, 0.25) is 0 Å². The van der Waals surface area contributed by atoms with Crippen LogP contribution in [0.1, 0.15) is 17.0 Å². The van der Waals surface area contributed by atoms with E-state index in [2.05, 4.69) is 20.5 Å². The highest BCUT2D eigenvalue weighted by atomic mass is 15.2. The van der Waals surface area contributed by atoms with E-state index in [9.17, 15) is 0 Å². The van der Waals surface area contributed by atoms with Crippen molar-refractivity contribution in [1.29, 1.82) is 0 Å². The monoisotopic (exact) mass is 242 g/mol. The van der Waals surface area contributed by atoms with Gasteiger partial charge in [0.1, 0.15) is 5.82 Å². The summed E-state index contributed by atoms with van der Waals surface area (Å²) < 4.78 is 2.19. The Hall–Kier alpha value is -1.81. The first-order valence-corrected chi connectivity index (χ1v) is 6.30. The fourth-order valence-corrected chi connectivity index (χ4v) is 2.56. The van der Waals surface area contributed by atoms with Gasteiger partial charge in [0.15, 0.2) is 0 Å². The number of benzene rings is 1. The number of aromatic nitrogens is 2. The zero-order valence-corrected chi connectivity index (χ0v) is 10.6. The molecule has 0 saturated carbocycles. The number of nitrogens with two attached hydrogens (primary N) is 1. The topological polar surface area (TPSA) is 47.1 Å². The van der Waals surface area contributed by atoms with Gasteiger partial charge in [-0.15, -0.1) is 0 Å². The van der Waals surface area contributed by atoms with E-state index < -0.39 is 0 Å². The normalized spacial score (nSPS) is 14.9. The van der Waals surface area contributed by atoms with Crippen LogP contribution in [-0.4, -0.2) is 21.0 Å². The van der Waals surface area contributed by atoms with Crippen LogP contribution < -0.4 is 5.73 Å². The zero-order chi connectivity index (χ0) is 12.5. The minimum Gasteiger partial charge on any atom is -0.398 e. The van der Waals surface area contributed by atoms with E-state index in [1.54, 1.807) is 0 Å². The first-order chi connectivity index (χ1) is 8.74. The third-order valence-electron chi connectivity index (χ3n) is 3.67. The van der Waals surface area contributed by atoms with Crippen LogP contribution in [0.4, 0.5) is 5.69 Å². The molecule has 0 aliphatic carbocycles. The van der Waals surface area contributed by atoms with Crippen molar-refractivity contribution >= 4 is 5.69 Å². The highest BCUT2D eigenvalue weighted by Crippen LogP contribution is 2.27. The fourth-order valence-electron chi connectivity index (χ4n) is 2.56. The molecule has 0 amide bonds. The number of hydrogen-bond acceptors (Lipinski definition) is 3. The summed E-state index contributed by atoms with van der Waals surface area (Å²) in [6.45, 7) is 6.03. The molecule has 0 fully saturated rings. The Morgan fingerprint density at radius 3 is 2.89 bits per heavy atom. The summed E-state index contributed by atoms with van der Waals surface area (Å²) >= 11 is 0. The lowest BCUT2D eigenvalue weighted by atomic mass is 10.1. The van der Waals surface area contributed by atoms with Gasteiger partial charge in [0.25, 0.3) is 0 Å². The van der Waals surface area contributed by atoms with Crippen LogP contribution in [0.5, 0.6) is 0 Å². The molecule has 2 N–H and O–H groups in total. The predicted molar refractivity (Wildman–Crippen MR) is 71.9 cm³/mol. The average Bonchev–Trinajstić information content (AvgIpc) is 2.93. The molecule has 0 bridgehead atoms. The van der Waals surface area contributed by atoms with E-state index in [1.807, 2.05) is 31.5 Å². The lowest BCUT2D eigenvalue weighted by molar-refractivity contribution is 0.271. The van der Waals surface area contributed by atoms with Gasteiger partial charge in [-0.1, -0.05) is 12.1 Å². The Labute approximate surface area is 107 Å². The summed E-state index contributed by atoms with van der Waals surface area (Å²) in [5.74, 6) is 1.08. The standard InChI is InChI=1S/C14H18N4/c1-11-16-5-6-18(11)8-7-17-9-12-3-2-4-14(15)13(12)10-17/h2-6H,7-10,15H2,1H3. The van der Waals surface area contributed by atoms with Crippen molar-refractivity contribution in [2.45, 2.75) is 26.6 Å². The Bertz CT molecular complexity index is 559. The maximum absolute atomic E-state index is 6.01. The smallest absolute Gasteiger partial charge is 0.105 e. The lowest BCUT2D eigenvalue weighted by Crippen LogP contribution is -2.22. The van der Waals surface area contributed by atoms with E-state index in [0.29, 0.717) is 0 Å². The minimum atomic E-state index is 0.925. The number of rotatable bonds is 3. The van der Waals surface area contributed by atoms with Gasteiger partial charge in [-0.25, -0.2) is 4.98 Å². The molecule has 0 saturated heterocycles. The van der Waals surface area contributed by atoms with Crippen LogP contribution in [0, 0.1) is 6.92 Å². The molecular weight excluding hydrogens is 224 g/mol. The highest BCUT2D eigenvalue weighted by Gasteiger charge is 2.20. The third kappa shape index (κ3) is 1.99. The Morgan fingerprint density at radius 1 is 1.28 bits per heavy atom. The number of nitrogens with zero attached hydrogens (tertiary/aromatic N) is 3. The van der Waals surface area contributed by atoms with Crippen LogP contribution >= 0.6 is 0 Å². The van der Waals surface area contributed by atoms with Crippen molar-refractivity contribution in [2.75, 3.05) is 12.3 Å². The van der Waals surface area contributed by atoms with Crippen LogP contribution in [0.2, 0.25) is 0 Å². The maximum Gasteiger partial charge on any atom is 0.105 e. The van der Waals surface area contributed by atoms with Crippen LogP contribution in [0.15, 0.2) is 30.6 Å². The summed E-state index contributed by atoms with van der Waals surface area (Å²) in [6.07, 6.45) is 3.89.